The molecule has 26 heavy (non-hydrogen) atoms. The van der Waals surface area contributed by atoms with Crippen molar-refractivity contribution in [1.82, 2.24) is 20.5 Å². The minimum atomic E-state index is -0.266. The van der Waals surface area contributed by atoms with Gasteiger partial charge in [0, 0.05) is 6.54 Å². The third-order valence-corrected chi connectivity index (χ3v) is 5.58. The van der Waals surface area contributed by atoms with Crippen LogP contribution in [0.1, 0.15) is 12.5 Å². The molecule has 0 unspecified atom stereocenters. The van der Waals surface area contributed by atoms with Crippen molar-refractivity contribution < 1.29 is 9.53 Å². The molecule has 0 saturated carbocycles. The van der Waals surface area contributed by atoms with Crippen molar-refractivity contribution in [1.29, 1.82) is 0 Å². The third kappa shape index (κ3) is 4.86. The highest BCUT2D eigenvalue weighted by Crippen LogP contribution is 2.25. The number of hydrogen-bond donors (Lipinski definition) is 2. The number of nitrogens with zero attached hydrogens (tertiary/aromatic N) is 2. The number of nitrogens with one attached hydrogen (secondary N) is 2. The van der Waals surface area contributed by atoms with Gasteiger partial charge < -0.3 is 10.1 Å². The summed E-state index contributed by atoms with van der Waals surface area (Å²) in [6, 6.07) is 11.8. The molecule has 0 bridgehead atoms. The van der Waals surface area contributed by atoms with E-state index in [4.69, 9.17) is 4.74 Å². The Morgan fingerprint density at radius 2 is 2.15 bits per heavy atom. The minimum absolute atomic E-state index is 0.0222. The highest BCUT2D eigenvalue weighted by Gasteiger charge is 2.17. The number of carbonyl (C=O) groups is 1. The number of benzene rings is 1. The van der Waals surface area contributed by atoms with Gasteiger partial charge in [0.15, 0.2) is 5.82 Å². The van der Waals surface area contributed by atoms with Crippen LogP contribution in [0.15, 0.2) is 46.9 Å². The second-order valence-electron chi connectivity index (χ2n) is 5.59. The number of carbonyl (C=O) groups excluding carboxylic acids is 1. The van der Waals surface area contributed by atoms with Gasteiger partial charge in [-0.25, -0.2) is 4.98 Å². The van der Waals surface area contributed by atoms with E-state index >= 15 is 0 Å². The van der Waals surface area contributed by atoms with E-state index in [1.807, 2.05) is 48.7 Å². The summed E-state index contributed by atoms with van der Waals surface area (Å²) in [5, 5.41) is 12.4. The van der Waals surface area contributed by atoms with Crippen LogP contribution in [0.5, 0.6) is 5.75 Å². The number of hydrogen-bond acceptors (Lipinski definition) is 6. The maximum absolute atomic E-state index is 12.3. The summed E-state index contributed by atoms with van der Waals surface area (Å²) in [5.74, 6) is 1.54. The van der Waals surface area contributed by atoms with Gasteiger partial charge >= 0.3 is 0 Å². The van der Waals surface area contributed by atoms with Crippen LogP contribution in [0.4, 0.5) is 0 Å². The Bertz CT molecular complexity index is 831. The second kappa shape index (κ2) is 8.86. The van der Waals surface area contributed by atoms with Crippen molar-refractivity contribution in [2.24, 2.45) is 0 Å². The number of aromatic nitrogens is 3. The van der Waals surface area contributed by atoms with E-state index < -0.39 is 0 Å². The van der Waals surface area contributed by atoms with E-state index in [1.165, 1.54) is 11.8 Å². The van der Waals surface area contributed by atoms with Gasteiger partial charge in [0.2, 0.25) is 11.1 Å². The molecular weight excluding hydrogens is 368 g/mol. The van der Waals surface area contributed by atoms with Crippen LogP contribution in [0.25, 0.3) is 10.7 Å². The predicted molar refractivity (Wildman–Crippen MR) is 105 cm³/mol. The van der Waals surface area contributed by atoms with Crippen molar-refractivity contribution >= 4 is 29.0 Å². The van der Waals surface area contributed by atoms with E-state index in [-0.39, 0.29) is 11.2 Å². The molecule has 1 atom stereocenters. The number of thiophene rings is 1. The van der Waals surface area contributed by atoms with Gasteiger partial charge in [0.1, 0.15) is 5.75 Å². The molecule has 8 heteroatoms. The van der Waals surface area contributed by atoms with Crippen molar-refractivity contribution in [2.45, 2.75) is 23.8 Å². The summed E-state index contributed by atoms with van der Waals surface area (Å²) in [7, 11) is 1.64. The predicted octanol–water partition coefficient (Wildman–Crippen LogP) is 3.38. The van der Waals surface area contributed by atoms with Gasteiger partial charge in [-0.15, -0.1) is 16.4 Å². The monoisotopic (exact) mass is 388 g/mol. The van der Waals surface area contributed by atoms with E-state index in [0.717, 1.165) is 28.4 Å². The first-order valence-electron chi connectivity index (χ1n) is 8.19. The summed E-state index contributed by atoms with van der Waals surface area (Å²) in [6.45, 7) is 2.44. The maximum atomic E-state index is 12.3. The fraction of sp³-hybridized carbons (Fsp3) is 0.278. The second-order valence-corrected chi connectivity index (χ2v) is 7.85. The van der Waals surface area contributed by atoms with Crippen LogP contribution in [0, 0.1) is 0 Å². The largest absolute Gasteiger partial charge is 0.497 e. The lowest BCUT2D eigenvalue weighted by molar-refractivity contribution is -0.120. The van der Waals surface area contributed by atoms with Crippen LogP contribution in [-0.2, 0) is 11.2 Å². The summed E-state index contributed by atoms with van der Waals surface area (Å²) < 4.78 is 5.14. The molecule has 136 valence electrons. The molecule has 0 radical (unpaired) electrons. The average Bonchev–Trinajstić information content (AvgIpc) is 3.33. The van der Waals surface area contributed by atoms with Crippen LogP contribution in [0.3, 0.4) is 0 Å². The molecule has 3 rings (SSSR count). The van der Waals surface area contributed by atoms with E-state index in [1.54, 1.807) is 18.4 Å². The topological polar surface area (TPSA) is 79.9 Å². The number of aromatic amines is 1. The average molecular weight is 389 g/mol. The molecule has 0 aliphatic heterocycles. The number of rotatable bonds is 8. The molecule has 2 aromatic heterocycles. The van der Waals surface area contributed by atoms with E-state index in [2.05, 4.69) is 20.5 Å². The molecule has 2 heterocycles. The first-order valence-corrected chi connectivity index (χ1v) is 9.95. The molecule has 1 aromatic carbocycles. The molecule has 0 spiro atoms. The van der Waals surface area contributed by atoms with Gasteiger partial charge in [-0.3, -0.25) is 9.89 Å². The Labute approximate surface area is 160 Å². The lowest BCUT2D eigenvalue weighted by atomic mass is 10.1. The van der Waals surface area contributed by atoms with E-state index in [9.17, 15) is 4.79 Å². The minimum Gasteiger partial charge on any atom is -0.497 e. The zero-order valence-corrected chi connectivity index (χ0v) is 16.2. The smallest absolute Gasteiger partial charge is 0.233 e. The van der Waals surface area contributed by atoms with Crippen LogP contribution < -0.4 is 10.1 Å². The van der Waals surface area contributed by atoms with Gasteiger partial charge in [0.05, 0.1) is 17.2 Å². The molecule has 1 amide bonds. The van der Waals surface area contributed by atoms with Gasteiger partial charge in [-0.05, 0) is 42.5 Å². The molecule has 0 aliphatic carbocycles. The number of thioether (sulfide) groups is 1. The Morgan fingerprint density at radius 3 is 2.85 bits per heavy atom. The normalized spacial score (nSPS) is 11.9. The zero-order valence-electron chi connectivity index (χ0n) is 14.6. The quantitative estimate of drug-likeness (QED) is 0.578. The molecule has 2 N–H and O–H groups in total. The number of ether oxygens (including phenoxy) is 1. The van der Waals surface area contributed by atoms with E-state index in [0.29, 0.717) is 11.7 Å². The fourth-order valence-corrected chi connectivity index (χ4v) is 3.71. The maximum Gasteiger partial charge on any atom is 0.233 e. The standard InChI is InChI=1S/C18H20N4O2S2/c1-12(26-18-20-16(21-22-18)15-4-3-11-25-15)17(23)19-10-9-13-5-7-14(24-2)8-6-13/h3-8,11-12H,9-10H2,1-2H3,(H,19,23)(H,20,21,22)/t12-/m0/s1. The third-order valence-electron chi connectivity index (χ3n) is 3.74. The number of amides is 1. The van der Waals surface area contributed by atoms with Gasteiger partial charge in [0.25, 0.3) is 0 Å². The highest BCUT2D eigenvalue weighted by molar-refractivity contribution is 8.00. The fourth-order valence-electron chi connectivity index (χ4n) is 2.30. The Kier molecular flexibility index (Phi) is 6.30. The molecule has 3 aromatic rings. The van der Waals surface area contributed by atoms with Crippen molar-refractivity contribution in [3.05, 3.63) is 47.3 Å². The molecule has 0 saturated heterocycles. The summed E-state index contributed by atoms with van der Waals surface area (Å²) in [6.07, 6.45) is 0.774. The highest BCUT2D eigenvalue weighted by atomic mass is 32.2. The lowest BCUT2D eigenvalue weighted by Crippen LogP contribution is -2.32. The molecular formula is C18H20N4O2S2. The van der Waals surface area contributed by atoms with Gasteiger partial charge in [-0.2, -0.15) is 0 Å². The molecule has 0 fully saturated rings. The molecule has 6 nitrogen and oxygen atoms in total. The number of methoxy groups -OCH3 is 1. The lowest BCUT2D eigenvalue weighted by Gasteiger charge is -2.10. The number of H-pyrrole nitrogens is 1. The molecule has 0 aliphatic rings. The Hall–Kier alpha value is -2.32. The van der Waals surface area contributed by atoms with Crippen LogP contribution >= 0.6 is 23.1 Å². The zero-order chi connectivity index (χ0) is 18.4. The van der Waals surface area contributed by atoms with Crippen LogP contribution in [-0.4, -0.2) is 40.0 Å². The summed E-state index contributed by atoms with van der Waals surface area (Å²) >= 11 is 2.94. The van der Waals surface area contributed by atoms with Crippen molar-refractivity contribution in [2.75, 3.05) is 13.7 Å². The summed E-state index contributed by atoms with van der Waals surface area (Å²) in [4.78, 5) is 17.7. The van der Waals surface area contributed by atoms with Crippen molar-refractivity contribution in [3.8, 4) is 16.5 Å². The van der Waals surface area contributed by atoms with Gasteiger partial charge in [-0.1, -0.05) is 30.0 Å². The Morgan fingerprint density at radius 1 is 1.35 bits per heavy atom. The van der Waals surface area contributed by atoms with Crippen LogP contribution in [0.2, 0.25) is 0 Å². The van der Waals surface area contributed by atoms with Crippen molar-refractivity contribution in [3.63, 3.8) is 0 Å². The summed E-state index contributed by atoms with van der Waals surface area (Å²) in [5.41, 5.74) is 1.15. The SMILES string of the molecule is COc1ccc(CCNC(=O)[C@H](C)Sc2n[nH]c(-c3cccs3)n2)cc1. The first-order chi connectivity index (χ1) is 12.7. The Balaban J connectivity index is 1.45. The first kappa shape index (κ1) is 18.5.